The quantitative estimate of drug-likeness (QED) is 0.784. The van der Waals surface area contributed by atoms with E-state index in [0.29, 0.717) is 23.4 Å². The Hall–Kier alpha value is -0.610. The zero-order valence-corrected chi connectivity index (χ0v) is 13.6. The van der Waals surface area contributed by atoms with Crippen LogP contribution in [0.4, 0.5) is 0 Å². The molecule has 1 aliphatic heterocycles. The van der Waals surface area contributed by atoms with Crippen molar-refractivity contribution in [1.29, 1.82) is 0 Å². The molecule has 2 unspecified atom stereocenters. The van der Waals surface area contributed by atoms with E-state index in [1.807, 2.05) is 0 Å². The standard InChI is InChI=1S/C17H30N2O2/c1-3-14-16(20)19(12-17(8-9-17)10-11-21-2)15(18-14)13-6-4-5-7-13/h13-15,18H,3-12H2,1-2H3. The number of rotatable bonds is 7. The van der Waals surface area contributed by atoms with E-state index in [0.717, 1.165) is 26.0 Å². The molecule has 2 aliphatic carbocycles. The van der Waals surface area contributed by atoms with E-state index in [-0.39, 0.29) is 6.04 Å². The van der Waals surface area contributed by atoms with Crippen molar-refractivity contribution in [3.63, 3.8) is 0 Å². The minimum atomic E-state index is 0.0498. The Kier molecular flexibility index (Phi) is 4.55. The van der Waals surface area contributed by atoms with Crippen molar-refractivity contribution in [1.82, 2.24) is 10.2 Å². The fraction of sp³-hybridized carbons (Fsp3) is 0.941. The molecule has 120 valence electrons. The first-order valence-corrected chi connectivity index (χ1v) is 8.74. The first kappa shape index (κ1) is 15.3. The van der Waals surface area contributed by atoms with Crippen LogP contribution < -0.4 is 5.32 Å². The van der Waals surface area contributed by atoms with Gasteiger partial charge in [0, 0.05) is 20.3 Å². The molecule has 1 saturated heterocycles. The SMILES string of the molecule is CCC1NC(C2CCCC2)N(CC2(CCOC)CC2)C1=O. The van der Waals surface area contributed by atoms with Crippen LogP contribution in [0, 0.1) is 11.3 Å². The molecule has 4 heteroatoms. The van der Waals surface area contributed by atoms with E-state index in [9.17, 15) is 4.79 Å². The summed E-state index contributed by atoms with van der Waals surface area (Å²) in [5.74, 6) is 1.02. The number of hydrogen-bond donors (Lipinski definition) is 1. The van der Waals surface area contributed by atoms with Crippen LogP contribution in [-0.2, 0) is 9.53 Å². The van der Waals surface area contributed by atoms with Gasteiger partial charge in [0.15, 0.2) is 0 Å². The summed E-state index contributed by atoms with van der Waals surface area (Å²) >= 11 is 0. The van der Waals surface area contributed by atoms with Crippen molar-refractivity contribution in [2.45, 2.75) is 70.5 Å². The van der Waals surface area contributed by atoms with E-state index in [2.05, 4.69) is 17.1 Å². The van der Waals surface area contributed by atoms with Crippen LogP contribution in [0.25, 0.3) is 0 Å². The van der Waals surface area contributed by atoms with Crippen molar-refractivity contribution < 1.29 is 9.53 Å². The Bertz CT molecular complexity index is 375. The van der Waals surface area contributed by atoms with Gasteiger partial charge in [-0.15, -0.1) is 0 Å². The fourth-order valence-corrected chi connectivity index (χ4v) is 4.18. The molecule has 2 saturated carbocycles. The average Bonchev–Trinajstić information content (AvgIpc) is 2.91. The predicted molar refractivity (Wildman–Crippen MR) is 82.8 cm³/mol. The lowest BCUT2D eigenvalue weighted by atomic mass is 9.99. The summed E-state index contributed by atoms with van der Waals surface area (Å²) in [5, 5.41) is 3.63. The maximum absolute atomic E-state index is 12.7. The van der Waals surface area contributed by atoms with E-state index in [1.165, 1.54) is 38.5 Å². The maximum Gasteiger partial charge on any atom is 0.241 e. The summed E-state index contributed by atoms with van der Waals surface area (Å²) in [6.07, 6.45) is 10.0. The Morgan fingerprint density at radius 1 is 1.33 bits per heavy atom. The van der Waals surface area contributed by atoms with Crippen LogP contribution >= 0.6 is 0 Å². The van der Waals surface area contributed by atoms with E-state index in [1.54, 1.807) is 7.11 Å². The molecule has 0 bridgehead atoms. The summed E-state index contributed by atoms with van der Waals surface area (Å²) in [5.41, 5.74) is 0.354. The van der Waals surface area contributed by atoms with Crippen LogP contribution in [0.2, 0.25) is 0 Å². The molecule has 1 amide bonds. The highest BCUT2D eigenvalue weighted by atomic mass is 16.5. The lowest BCUT2D eigenvalue weighted by Gasteiger charge is -2.32. The third-order valence-electron chi connectivity index (χ3n) is 5.84. The van der Waals surface area contributed by atoms with Gasteiger partial charge in [-0.2, -0.15) is 0 Å². The third kappa shape index (κ3) is 3.11. The number of ether oxygens (including phenoxy) is 1. The molecule has 0 aromatic carbocycles. The first-order chi connectivity index (χ1) is 10.2. The molecule has 0 aromatic heterocycles. The molecule has 0 spiro atoms. The lowest BCUT2D eigenvalue weighted by molar-refractivity contribution is -0.131. The highest BCUT2D eigenvalue weighted by molar-refractivity contribution is 5.84. The maximum atomic E-state index is 12.7. The first-order valence-electron chi connectivity index (χ1n) is 8.74. The van der Waals surface area contributed by atoms with E-state index >= 15 is 0 Å². The van der Waals surface area contributed by atoms with Crippen molar-refractivity contribution in [3.05, 3.63) is 0 Å². The minimum absolute atomic E-state index is 0.0498. The lowest BCUT2D eigenvalue weighted by Crippen LogP contribution is -2.45. The fourth-order valence-electron chi connectivity index (χ4n) is 4.18. The Labute approximate surface area is 128 Å². The third-order valence-corrected chi connectivity index (χ3v) is 5.84. The summed E-state index contributed by atoms with van der Waals surface area (Å²) in [7, 11) is 1.77. The van der Waals surface area contributed by atoms with E-state index in [4.69, 9.17) is 4.74 Å². The highest BCUT2D eigenvalue weighted by Gasteiger charge is 2.50. The molecule has 1 N–H and O–H groups in total. The molecule has 0 radical (unpaired) electrons. The van der Waals surface area contributed by atoms with Gasteiger partial charge in [0.25, 0.3) is 0 Å². The van der Waals surface area contributed by atoms with E-state index < -0.39 is 0 Å². The largest absolute Gasteiger partial charge is 0.385 e. The number of amides is 1. The Balaban J connectivity index is 1.68. The number of carbonyl (C=O) groups excluding carboxylic acids is 1. The number of carbonyl (C=O) groups is 1. The van der Waals surface area contributed by atoms with Crippen molar-refractivity contribution in [2.75, 3.05) is 20.3 Å². The molecule has 3 fully saturated rings. The summed E-state index contributed by atoms with van der Waals surface area (Å²) in [6, 6.07) is 0.0498. The molecule has 3 rings (SSSR count). The van der Waals surface area contributed by atoms with Gasteiger partial charge in [-0.3, -0.25) is 10.1 Å². The average molecular weight is 294 g/mol. The van der Waals surface area contributed by atoms with Gasteiger partial charge in [-0.1, -0.05) is 19.8 Å². The van der Waals surface area contributed by atoms with Gasteiger partial charge in [0.05, 0.1) is 12.2 Å². The number of methoxy groups -OCH3 is 1. The molecule has 3 aliphatic rings. The Morgan fingerprint density at radius 2 is 2.05 bits per heavy atom. The molecule has 0 aromatic rings. The number of nitrogens with zero attached hydrogens (tertiary/aromatic N) is 1. The van der Waals surface area contributed by atoms with Crippen molar-refractivity contribution in [3.8, 4) is 0 Å². The van der Waals surface area contributed by atoms with Gasteiger partial charge in [0.2, 0.25) is 5.91 Å². The highest BCUT2D eigenvalue weighted by Crippen LogP contribution is 2.50. The van der Waals surface area contributed by atoms with Crippen LogP contribution in [0.15, 0.2) is 0 Å². The van der Waals surface area contributed by atoms with Crippen LogP contribution in [0.3, 0.4) is 0 Å². The number of nitrogens with one attached hydrogen (secondary N) is 1. The van der Waals surface area contributed by atoms with Crippen molar-refractivity contribution in [2.24, 2.45) is 11.3 Å². The van der Waals surface area contributed by atoms with Crippen LogP contribution in [-0.4, -0.2) is 43.3 Å². The molecule has 1 heterocycles. The molecule has 2 atom stereocenters. The second-order valence-corrected chi connectivity index (χ2v) is 7.33. The van der Waals surface area contributed by atoms with Crippen molar-refractivity contribution >= 4 is 5.91 Å². The van der Waals surface area contributed by atoms with Crippen LogP contribution in [0.5, 0.6) is 0 Å². The number of hydrogen-bond acceptors (Lipinski definition) is 3. The zero-order valence-electron chi connectivity index (χ0n) is 13.6. The summed E-state index contributed by atoms with van der Waals surface area (Å²) < 4.78 is 5.26. The van der Waals surface area contributed by atoms with Gasteiger partial charge in [-0.25, -0.2) is 0 Å². The van der Waals surface area contributed by atoms with Gasteiger partial charge < -0.3 is 9.64 Å². The van der Waals surface area contributed by atoms with Gasteiger partial charge in [0.1, 0.15) is 0 Å². The topological polar surface area (TPSA) is 41.6 Å². The van der Waals surface area contributed by atoms with Gasteiger partial charge >= 0.3 is 0 Å². The predicted octanol–water partition coefficient (Wildman–Crippen LogP) is 2.53. The second-order valence-electron chi connectivity index (χ2n) is 7.33. The summed E-state index contributed by atoms with van der Waals surface area (Å²) in [6.45, 7) is 3.88. The minimum Gasteiger partial charge on any atom is -0.385 e. The molecular formula is C17H30N2O2. The second kappa shape index (κ2) is 6.25. The monoisotopic (exact) mass is 294 g/mol. The van der Waals surface area contributed by atoms with Gasteiger partial charge in [-0.05, 0) is 49.9 Å². The summed E-state index contributed by atoms with van der Waals surface area (Å²) in [4.78, 5) is 14.9. The Morgan fingerprint density at radius 3 is 2.62 bits per heavy atom. The normalized spacial score (nSPS) is 32.1. The van der Waals surface area contributed by atoms with Crippen LogP contribution in [0.1, 0.15) is 58.3 Å². The molecular weight excluding hydrogens is 264 g/mol. The smallest absolute Gasteiger partial charge is 0.241 e. The zero-order chi connectivity index (χ0) is 14.9. The molecule has 21 heavy (non-hydrogen) atoms. The molecule has 4 nitrogen and oxygen atoms in total.